The third-order valence-electron chi connectivity index (χ3n) is 3.64. The van der Waals surface area contributed by atoms with Gasteiger partial charge in [0.1, 0.15) is 4.90 Å². The molecule has 1 rings (SSSR count). The highest BCUT2D eigenvalue weighted by Crippen LogP contribution is 2.30. The van der Waals surface area contributed by atoms with Crippen LogP contribution < -0.4 is 4.72 Å². The molecule has 0 amide bonds. The Morgan fingerprint density at radius 3 is 2.26 bits per heavy atom. The minimum Gasteiger partial charge on any atom is -0.281 e. The van der Waals surface area contributed by atoms with Gasteiger partial charge in [-0.05, 0) is 32.9 Å². The zero-order valence-corrected chi connectivity index (χ0v) is 13.8. The number of rotatable bonds is 7. The maximum Gasteiger partial charge on any atom is 0.244 e. The molecule has 0 saturated heterocycles. The van der Waals surface area contributed by atoms with Crippen LogP contribution in [-0.4, -0.2) is 36.2 Å². The lowest BCUT2D eigenvalue weighted by atomic mass is 10.0. The largest absolute Gasteiger partial charge is 0.281 e. The lowest BCUT2D eigenvalue weighted by Gasteiger charge is -2.29. The minimum absolute atomic E-state index is 0.0430. The molecule has 0 aliphatic heterocycles. The first-order chi connectivity index (χ1) is 8.82. The number of sulfonamides is 1. The quantitative estimate of drug-likeness (QED) is 0.810. The van der Waals surface area contributed by atoms with Crippen molar-refractivity contribution in [2.24, 2.45) is 0 Å². The number of thioether (sulfide) groups is 1. The van der Waals surface area contributed by atoms with Gasteiger partial charge in [0.15, 0.2) is 0 Å². The SMILES string of the molecule is CCC(CC)(CNS(=O)(=O)c1c(C)n[nH]c1C)SC. The summed E-state index contributed by atoms with van der Waals surface area (Å²) < 4.78 is 27.4. The molecule has 0 spiro atoms. The minimum atomic E-state index is -3.50. The average Bonchev–Trinajstić information content (AvgIpc) is 2.72. The summed E-state index contributed by atoms with van der Waals surface area (Å²) in [7, 11) is -3.50. The van der Waals surface area contributed by atoms with E-state index in [-0.39, 0.29) is 9.64 Å². The number of nitrogens with zero attached hydrogens (tertiary/aromatic N) is 1. The van der Waals surface area contributed by atoms with E-state index in [2.05, 4.69) is 28.8 Å². The maximum atomic E-state index is 12.3. The highest BCUT2D eigenvalue weighted by atomic mass is 32.2. The summed E-state index contributed by atoms with van der Waals surface area (Å²) in [5.41, 5.74) is 1.08. The number of hydrogen-bond donors (Lipinski definition) is 2. The monoisotopic (exact) mass is 305 g/mol. The van der Waals surface area contributed by atoms with Crippen LogP contribution in [0.3, 0.4) is 0 Å². The second-order valence-electron chi connectivity index (χ2n) is 4.68. The molecule has 0 aliphatic carbocycles. The number of aromatic amines is 1. The van der Waals surface area contributed by atoms with Crippen molar-refractivity contribution in [1.29, 1.82) is 0 Å². The van der Waals surface area contributed by atoms with Gasteiger partial charge in [-0.15, -0.1) is 0 Å². The summed E-state index contributed by atoms with van der Waals surface area (Å²) >= 11 is 1.71. The summed E-state index contributed by atoms with van der Waals surface area (Å²) in [6.45, 7) is 8.02. The van der Waals surface area contributed by atoms with Gasteiger partial charge in [0.05, 0.1) is 11.4 Å². The van der Waals surface area contributed by atoms with Crippen LogP contribution in [-0.2, 0) is 10.0 Å². The van der Waals surface area contributed by atoms with Crippen LogP contribution in [0, 0.1) is 13.8 Å². The normalized spacial score (nSPS) is 12.9. The Labute approximate surface area is 120 Å². The van der Waals surface area contributed by atoms with Gasteiger partial charge < -0.3 is 0 Å². The summed E-state index contributed by atoms with van der Waals surface area (Å²) in [5, 5.41) is 6.65. The number of nitrogens with one attached hydrogen (secondary N) is 2. The van der Waals surface area contributed by atoms with E-state index in [9.17, 15) is 8.42 Å². The van der Waals surface area contributed by atoms with Crippen molar-refractivity contribution in [1.82, 2.24) is 14.9 Å². The van der Waals surface area contributed by atoms with E-state index < -0.39 is 10.0 Å². The van der Waals surface area contributed by atoms with Crippen molar-refractivity contribution in [3.05, 3.63) is 11.4 Å². The molecule has 0 radical (unpaired) electrons. The molecule has 110 valence electrons. The zero-order valence-electron chi connectivity index (χ0n) is 12.2. The summed E-state index contributed by atoms with van der Waals surface area (Å²) in [5.74, 6) is 0. The Bertz CT molecular complexity index is 491. The molecule has 1 aromatic heterocycles. The molecule has 0 saturated carbocycles. The van der Waals surface area contributed by atoms with E-state index in [0.29, 0.717) is 17.9 Å². The lowest BCUT2D eigenvalue weighted by molar-refractivity contribution is 0.521. The maximum absolute atomic E-state index is 12.3. The molecule has 5 nitrogen and oxygen atoms in total. The van der Waals surface area contributed by atoms with Crippen molar-refractivity contribution in [3.63, 3.8) is 0 Å². The van der Waals surface area contributed by atoms with Crippen LogP contribution in [0.2, 0.25) is 0 Å². The van der Waals surface area contributed by atoms with Crippen molar-refractivity contribution in [2.45, 2.75) is 50.2 Å². The van der Waals surface area contributed by atoms with Crippen LogP contribution >= 0.6 is 11.8 Å². The molecule has 0 unspecified atom stereocenters. The van der Waals surface area contributed by atoms with Gasteiger partial charge in [-0.1, -0.05) is 13.8 Å². The Kier molecular flexibility index (Phi) is 5.46. The molecule has 0 aliphatic rings. The van der Waals surface area contributed by atoms with Gasteiger partial charge in [-0.3, -0.25) is 5.10 Å². The van der Waals surface area contributed by atoms with Crippen molar-refractivity contribution in [3.8, 4) is 0 Å². The molecule has 1 aromatic rings. The van der Waals surface area contributed by atoms with E-state index in [1.807, 2.05) is 6.26 Å². The predicted octanol–water partition coefficient (Wildman–Crippen LogP) is 2.23. The molecule has 0 bridgehead atoms. The van der Waals surface area contributed by atoms with Crippen molar-refractivity contribution in [2.75, 3.05) is 12.8 Å². The first-order valence-electron chi connectivity index (χ1n) is 6.38. The lowest BCUT2D eigenvalue weighted by Crippen LogP contribution is -2.39. The van der Waals surface area contributed by atoms with Crippen LogP contribution in [0.15, 0.2) is 4.90 Å². The third kappa shape index (κ3) is 3.52. The molecular formula is C12H23N3O2S2. The van der Waals surface area contributed by atoms with Gasteiger partial charge >= 0.3 is 0 Å². The van der Waals surface area contributed by atoms with Gasteiger partial charge in [0.25, 0.3) is 0 Å². The highest BCUT2D eigenvalue weighted by Gasteiger charge is 2.29. The predicted molar refractivity (Wildman–Crippen MR) is 80.1 cm³/mol. The van der Waals surface area contributed by atoms with Crippen molar-refractivity contribution >= 4 is 21.8 Å². The second kappa shape index (κ2) is 6.28. The molecule has 19 heavy (non-hydrogen) atoms. The fraction of sp³-hybridized carbons (Fsp3) is 0.750. The Hall–Kier alpha value is -0.530. The molecule has 0 aromatic carbocycles. The molecule has 1 heterocycles. The summed E-state index contributed by atoms with van der Waals surface area (Å²) in [4.78, 5) is 0.273. The van der Waals surface area contributed by atoms with Crippen LogP contribution in [0.5, 0.6) is 0 Å². The molecule has 0 fully saturated rings. The summed E-state index contributed by atoms with van der Waals surface area (Å²) in [6, 6.07) is 0. The molecule has 7 heteroatoms. The Morgan fingerprint density at radius 2 is 1.89 bits per heavy atom. The summed E-state index contributed by atoms with van der Waals surface area (Å²) in [6.07, 6.45) is 3.88. The van der Waals surface area contributed by atoms with E-state index in [1.165, 1.54) is 0 Å². The Balaban J connectivity index is 2.93. The topological polar surface area (TPSA) is 74.8 Å². The van der Waals surface area contributed by atoms with E-state index in [0.717, 1.165) is 12.8 Å². The number of H-pyrrole nitrogens is 1. The molecular weight excluding hydrogens is 282 g/mol. The smallest absolute Gasteiger partial charge is 0.244 e. The van der Waals surface area contributed by atoms with E-state index >= 15 is 0 Å². The van der Waals surface area contributed by atoms with Gasteiger partial charge in [-0.2, -0.15) is 16.9 Å². The number of aryl methyl sites for hydroxylation is 2. The van der Waals surface area contributed by atoms with Crippen LogP contribution in [0.25, 0.3) is 0 Å². The van der Waals surface area contributed by atoms with Gasteiger partial charge in [-0.25, -0.2) is 13.1 Å². The van der Waals surface area contributed by atoms with Crippen LogP contribution in [0.1, 0.15) is 38.1 Å². The fourth-order valence-corrected chi connectivity index (χ4v) is 4.48. The van der Waals surface area contributed by atoms with Gasteiger partial charge in [0, 0.05) is 11.3 Å². The molecule has 0 atom stereocenters. The number of aromatic nitrogens is 2. The molecule has 2 N–H and O–H groups in total. The average molecular weight is 305 g/mol. The van der Waals surface area contributed by atoms with Gasteiger partial charge in [0.2, 0.25) is 10.0 Å². The standard InChI is InChI=1S/C12H23N3O2S2/c1-6-12(7-2,18-5)8-13-19(16,17)11-9(3)14-15-10(11)4/h13H,6-8H2,1-5H3,(H,14,15). The highest BCUT2D eigenvalue weighted by molar-refractivity contribution is 8.00. The first kappa shape index (κ1) is 16.5. The Morgan fingerprint density at radius 1 is 1.32 bits per heavy atom. The van der Waals surface area contributed by atoms with E-state index in [4.69, 9.17) is 0 Å². The zero-order chi connectivity index (χ0) is 14.7. The fourth-order valence-electron chi connectivity index (χ4n) is 2.10. The van der Waals surface area contributed by atoms with E-state index in [1.54, 1.807) is 25.6 Å². The second-order valence-corrected chi connectivity index (χ2v) is 7.66. The van der Waals surface area contributed by atoms with Crippen molar-refractivity contribution < 1.29 is 8.42 Å². The number of hydrogen-bond acceptors (Lipinski definition) is 4. The van der Waals surface area contributed by atoms with Crippen LogP contribution in [0.4, 0.5) is 0 Å². The first-order valence-corrected chi connectivity index (χ1v) is 9.09. The third-order valence-corrected chi connectivity index (χ3v) is 6.89.